The molecule has 4 aromatic rings. The summed E-state index contributed by atoms with van der Waals surface area (Å²) in [6.45, 7) is 0.0981. The highest BCUT2D eigenvalue weighted by Gasteiger charge is 2.18. The molecule has 0 bridgehead atoms. The van der Waals surface area contributed by atoms with Crippen LogP contribution in [0.1, 0.15) is 17.0 Å². The molecule has 0 aliphatic carbocycles. The molecule has 34 heavy (non-hydrogen) atoms. The molecule has 0 spiro atoms. The number of nitrogens with zero attached hydrogens (tertiary/aromatic N) is 6. The van der Waals surface area contributed by atoms with Crippen molar-refractivity contribution in [2.24, 2.45) is 0 Å². The average molecular weight is 459 g/mol. The number of halogens is 2. The van der Waals surface area contributed by atoms with Gasteiger partial charge < -0.3 is 16.8 Å². The number of benzene rings is 2. The van der Waals surface area contributed by atoms with Gasteiger partial charge in [0, 0.05) is 13.0 Å². The first-order valence-corrected chi connectivity index (χ1v) is 9.80. The zero-order valence-corrected chi connectivity index (χ0v) is 17.4. The molecule has 0 saturated heterocycles. The van der Waals surface area contributed by atoms with Crippen LogP contribution in [-0.2, 0) is 6.42 Å². The smallest absolute Gasteiger partial charge is 0.266 e. The first-order valence-electron chi connectivity index (χ1n) is 9.80. The zero-order chi connectivity index (χ0) is 24.4. The quantitative estimate of drug-likeness (QED) is 0.403. The number of anilines is 3. The lowest BCUT2D eigenvalue weighted by atomic mass is 10.1. The number of hydrogen-bond acceptors (Lipinski definition) is 9. The molecule has 0 aliphatic rings. The van der Waals surface area contributed by atoms with Crippen LogP contribution >= 0.6 is 0 Å². The number of nitriles is 2. The molecule has 0 amide bonds. The minimum Gasteiger partial charge on any atom is -0.382 e. The Kier molecular flexibility index (Phi) is 5.72. The van der Waals surface area contributed by atoms with E-state index in [1.165, 1.54) is 18.2 Å². The third kappa shape index (κ3) is 4.03. The van der Waals surface area contributed by atoms with Crippen molar-refractivity contribution in [3.8, 4) is 17.8 Å². The molecular weight excluding hydrogens is 444 g/mol. The van der Waals surface area contributed by atoms with Crippen molar-refractivity contribution in [1.82, 2.24) is 19.5 Å². The Morgan fingerprint density at radius 3 is 2.53 bits per heavy atom. The zero-order valence-electron chi connectivity index (χ0n) is 17.4. The number of hydrogen-bond donors (Lipinski definition) is 3. The highest BCUT2D eigenvalue weighted by molar-refractivity contribution is 5.83. The maximum atomic E-state index is 14.0. The van der Waals surface area contributed by atoms with Crippen molar-refractivity contribution in [3.05, 3.63) is 75.3 Å². The molecule has 0 unspecified atom stereocenters. The maximum Gasteiger partial charge on any atom is 0.266 e. The summed E-state index contributed by atoms with van der Waals surface area (Å²) in [5, 5.41) is 21.5. The van der Waals surface area contributed by atoms with Gasteiger partial charge in [0.05, 0.1) is 22.2 Å². The molecule has 4 rings (SSSR count). The van der Waals surface area contributed by atoms with Crippen molar-refractivity contribution in [3.63, 3.8) is 0 Å². The van der Waals surface area contributed by atoms with E-state index in [-0.39, 0.29) is 64.1 Å². The highest BCUT2D eigenvalue weighted by atomic mass is 19.1. The SMILES string of the molecule is N#Cc1c(N)nc(N)nc1NCCc1nc2c(C#N)cc(F)cc2c(=O)n1-c1cccc(F)c1. The van der Waals surface area contributed by atoms with Crippen LogP contribution in [-0.4, -0.2) is 26.1 Å². The average Bonchev–Trinajstić information content (AvgIpc) is 2.79. The summed E-state index contributed by atoms with van der Waals surface area (Å²) in [6, 6.07) is 10.9. The summed E-state index contributed by atoms with van der Waals surface area (Å²) in [4.78, 5) is 25.4. The van der Waals surface area contributed by atoms with Gasteiger partial charge in [-0.3, -0.25) is 9.36 Å². The monoisotopic (exact) mass is 459 g/mol. The van der Waals surface area contributed by atoms with E-state index < -0.39 is 17.2 Å². The van der Waals surface area contributed by atoms with E-state index in [4.69, 9.17) is 11.5 Å². The summed E-state index contributed by atoms with van der Waals surface area (Å²) in [7, 11) is 0. The van der Waals surface area contributed by atoms with E-state index in [0.29, 0.717) is 0 Å². The van der Waals surface area contributed by atoms with Crippen molar-refractivity contribution in [1.29, 1.82) is 10.5 Å². The van der Waals surface area contributed by atoms with E-state index in [1.54, 1.807) is 0 Å². The van der Waals surface area contributed by atoms with Crippen LogP contribution in [0.5, 0.6) is 0 Å². The van der Waals surface area contributed by atoms with Crippen LogP contribution in [0, 0.1) is 34.3 Å². The molecule has 0 radical (unpaired) electrons. The van der Waals surface area contributed by atoms with Crippen LogP contribution in [0.2, 0.25) is 0 Å². The topological polar surface area (TPSA) is 172 Å². The predicted molar refractivity (Wildman–Crippen MR) is 120 cm³/mol. The van der Waals surface area contributed by atoms with Crippen LogP contribution in [0.25, 0.3) is 16.6 Å². The van der Waals surface area contributed by atoms with E-state index in [2.05, 4.69) is 20.3 Å². The highest BCUT2D eigenvalue weighted by Crippen LogP contribution is 2.21. The maximum absolute atomic E-state index is 14.0. The molecule has 2 heterocycles. The van der Waals surface area contributed by atoms with Crippen LogP contribution in [0.3, 0.4) is 0 Å². The van der Waals surface area contributed by atoms with Gasteiger partial charge in [-0.05, 0) is 30.3 Å². The van der Waals surface area contributed by atoms with Gasteiger partial charge in [-0.1, -0.05) is 6.07 Å². The fraction of sp³-hybridized carbons (Fsp3) is 0.0909. The van der Waals surface area contributed by atoms with E-state index in [1.807, 2.05) is 12.1 Å². The van der Waals surface area contributed by atoms with Crippen LogP contribution in [0.4, 0.5) is 26.4 Å². The lowest BCUT2D eigenvalue weighted by Gasteiger charge is -2.15. The van der Waals surface area contributed by atoms with Gasteiger partial charge in [0.25, 0.3) is 5.56 Å². The van der Waals surface area contributed by atoms with Gasteiger partial charge >= 0.3 is 0 Å². The largest absolute Gasteiger partial charge is 0.382 e. The molecular formula is C22H15F2N9O. The summed E-state index contributed by atoms with van der Waals surface area (Å²) < 4.78 is 29.1. The van der Waals surface area contributed by atoms with Gasteiger partial charge in [0.2, 0.25) is 5.95 Å². The molecule has 10 nitrogen and oxygen atoms in total. The fourth-order valence-electron chi connectivity index (χ4n) is 3.46. The fourth-order valence-corrected chi connectivity index (χ4v) is 3.46. The Labute approximate surface area is 190 Å². The van der Waals surface area contributed by atoms with Gasteiger partial charge in [0.1, 0.15) is 41.0 Å². The van der Waals surface area contributed by atoms with E-state index in [9.17, 15) is 24.1 Å². The molecule has 0 atom stereocenters. The molecule has 2 aromatic heterocycles. The second-order valence-corrected chi connectivity index (χ2v) is 7.09. The predicted octanol–water partition coefficient (Wildman–Crippen LogP) is 2.02. The first-order chi connectivity index (χ1) is 16.3. The van der Waals surface area contributed by atoms with Gasteiger partial charge in [0.15, 0.2) is 5.82 Å². The third-order valence-corrected chi connectivity index (χ3v) is 4.90. The number of nitrogen functional groups attached to an aromatic ring is 2. The van der Waals surface area contributed by atoms with Crippen LogP contribution in [0.15, 0.2) is 41.2 Å². The summed E-state index contributed by atoms with van der Waals surface area (Å²) in [5.41, 5.74) is 10.7. The Balaban J connectivity index is 1.82. The minimum atomic E-state index is -0.772. The molecule has 2 aromatic carbocycles. The second-order valence-electron chi connectivity index (χ2n) is 7.09. The Bertz CT molecular complexity index is 1590. The summed E-state index contributed by atoms with van der Waals surface area (Å²) in [6.07, 6.45) is 0.0681. The second kappa shape index (κ2) is 8.80. The number of fused-ring (bicyclic) bond motifs is 1. The van der Waals surface area contributed by atoms with Crippen LogP contribution < -0.4 is 22.3 Å². The molecule has 0 fully saturated rings. The Morgan fingerprint density at radius 1 is 1.03 bits per heavy atom. The Hall–Kier alpha value is -5.10. The number of rotatable bonds is 5. The standard InChI is InChI=1S/C22H15F2N9O/c23-12-2-1-3-14(7-12)33-17(4-5-29-20-16(10-26)19(27)31-22(28)32-20)30-18-11(9-25)6-13(24)8-15(18)21(33)34/h1-3,6-8H,4-5H2,(H5,27,28,29,31,32). The van der Waals surface area contributed by atoms with Crippen molar-refractivity contribution in [2.45, 2.75) is 6.42 Å². The third-order valence-electron chi connectivity index (χ3n) is 4.90. The molecule has 0 saturated carbocycles. The van der Waals surface area contributed by atoms with Crippen molar-refractivity contribution < 1.29 is 8.78 Å². The van der Waals surface area contributed by atoms with Crippen molar-refractivity contribution in [2.75, 3.05) is 23.3 Å². The number of aromatic nitrogens is 4. The number of nitrogens with two attached hydrogens (primary N) is 2. The van der Waals surface area contributed by atoms with Gasteiger partial charge in [-0.25, -0.2) is 13.8 Å². The van der Waals surface area contributed by atoms with Crippen molar-refractivity contribution >= 4 is 28.5 Å². The molecule has 0 aliphatic heterocycles. The van der Waals surface area contributed by atoms with Gasteiger partial charge in [-0.15, -0.1) is 0 Å². The van der Waals surface area contributed by atoms with Gasteiger partial charge in [-0.2, -0.15) is 20.5 Å². The first kappa shape index (κ1) is 22.1. The lowest BCUT2D eigenvalue weighted by molar-refractivity contribution is 0.624. The minimum absolute atomic E-state index is 0.00886. The van der Waals surface area contributed by atoms with E-state index in [0.717, 1.165) is 22.8 Å². The Morgan fingerprint density at radius 2 is 1.82 bits per heavy atom. The molecule has 168 valence electrons. The normalized spacial score (nSPS) is 10.6. The lowest BCUT2D eigenvalue weighted by Crippen LogP contribution is -2.26. The number of nitrogens with one attached hydrogen (secondary N) is 1. The molecule has 5 N–H and O–H groups in total. The summed E-state index contributed by atoms with van der Waals surface area (Å²) >= 11 is 0. The summed E-state index contributed by atoms with van der Waals surface area (Å²) in [5.74, 6) is -1.35. The molecule has 12 heteroatoms. The van der Waals surface area contributed by atoms with E-state index >= 15 is 0 Å².